The average Bonchev–Trinajstić information content (AvgIpc) is 3.42. The van der Waals surface area contributed by atoms with E-state index in [2.05, 4.69) is 10.3 Å². The molecule has 0 radical (unpaired) electrons. The van der Waals surface area contributed by atoms with E-state index < -0.39 is 26.5 Å². The molecule has 0 spiro atoms. The van der Waals surface area contributed by atoms with Crippen LogP contribution in [0.3, 0.4) is 0 Å². The Hall–Kier alpha value is -3.74. The van der Waals surface area contributed by atoms with Gasteiger partial charge in [-0.3, -0.25) is 9.59 Å². The molecule has 3 aromatic rings. The van der Waals surface area contributed by atoms with Crippen molar-refractivity contribution in [2.75, 3.05) is 24.2 Å². The molecule has 3 unspecified atom stereocenters. The van der Waals surface area contributed by atoms with Gasteiger partial charge in [-0.25, -0.2) is 13.1 Å². The summed E-state index contributed by atoms with van der Waals surface area (Å²) in [6, 6.07) is 8.58. The summed E-state index contributed by atoms with van der Waals surface area (Å²) in [4.78, 5) is 29.6. The first-order valence-corrected chi connectivity index (χ1v) is 16.5. The molecular formula is C31H36F3N5O4S. The number of piperidine rings is 2. The summed E-state index contributed by atoms with van der Waals surface area (Å²) in [5.74, 6) is -0.244. The normalized spacial score (nSPS) is 21.5. The Morgan fingerprint density at radius 2 is 1.82 bits per heavy atom. The van der Waals surface area contributed by atoms with Gasteiger partial charge in [0.1, 0.15) is 0 Å². The number of hydrogen-bond acceptors (Lipinski definition) is 6. The maximum absolute atomic E-state index is 13.6. The first-order valence-electron chi connectivity index (χ1n) is 14.6. The second-order valence-electron chi connectivity index (χ2n) is 12.1. The SMILES string of the molecule is Cc1ccc(N2CC(C(=O)N3CCC(c4cn(Cc5cc(C(F)(F)F)cc(S(C)(=O)=O)c5)nn4)CC3C)CCC2=O)cc1C. The minimum atomic E-state index is -4.70. The van der Waals surface area contributed by atoms with Crippen LogP contribution in [0.5, 0.6) is 0 Å². The van der Waals surface area contributed by atoms with Crippen LogP contribution in [0.25, 0.3) is 0 Å². The molecule has 2 amide bonds. The van der Waals surface area contributed by atoms with Crippen molar-refractivity contribution < 1.29 is 31.2 Å². The fourth-order valence-corrected chi connectivity index (χ4v) is 6.79. The van der Waals surface area contributed by atoms with Gasteiger partial charge >= 0.3 is 6.18 Å². The van der Waals surface area contributed by atoms with Crippen molar-refractivity contribution in [1.29, 1.82) is 0 Å². The van der Waals surface area contributed by atoms with Gasteiger partial charge < -0.3 is 9.80 Å². The number of aryl methyl sites for hydroxylation is 2. The van der Waals surface area contributed by atoms with Gasteiger partial charge in [0.15, 0.2) is 9.84 Å². The number of rotatable bonds is 6. The highest BCUT2D eigenvalue weighted by Gasteiger charge is 2.38. The van der Waals surface area contributed by atoms with Gasteiger partial charge in [0.25, 0.3) is 0 Å². The maximum Gasteiger partial charge on any atom is 0.416 e. The molecule has 236 valence electrons. The number of amides is 2. The van der Waals surface area contributed by atoms with Crippen LogP contribution in [0.15, 0.2) is 47.5 Å². The Labute approximate surface area is 254 Å². The molecule has 3 atom stereocenters. The van der Waals surface area contributed by atoms with Crippen LogP contribution in [-0.4, -0.2) is 65.5 Å². The van der Waals surface area contributed by atoms with Crippen molar-refractivity contribution in [1.82, 2.24) is 19.9 Å². The first kappa shape index (κ1) is 31.7. The van der Waals surface area contributed by atoms with E-state index in [0.717, 1.165) is 29.1 Å². The predicted octanol–water partition coefficient (Wildman–Crippen LogP) is 4.90. The number of alkyl halides is 3. The molecule has 0 aliphatic carbocycles. The van der Waals surface area contributed by atoms with Gasteiger partial charge in [0.05, 0.1) is 28.6 Å². The summed E-state index contributed by atoms with van der Waals surface area (Å²) in [5, 5.41) is 8.36. The number of hydrogen-bond donors (Lipinski definition) is 0. The molecule has 2 aromatic carbocycles. The maximum atomic E-state index is 13.6. The molecule has 44 heavy (non-hydrogen) atoms. The number of halogens is 3. The van der Waals surface area contributed by atoms with Crippen LogP contribution in [0.4, 0.5) is 18.9 Å². The molecule has 1 aromatic heterocycles. The summed E-state index contributed by atoms with van der Waals surface area (Å²) in [5.41, 5.74) is 2.81. The van der Waals surface area contributed by atoms with Crippen LogP contribution < -0.4 is 4.90 Å². The zero-order valence-corrected chi connectivity index (χ0v) is 26.0. The topological polar surface area (TPSA) is 105 Å². The lowest BCUT2D eigenvalue weighted by atomic mass is 9.87. The van der Waals surface area contributed by atoms with Gasteiger partial charge in [0, 0.05) is 49.6 Å². The fraction of sp³-hybridized carbons (Fsp3) is 0.484. The van der Waals surface area contributed by atoms with E-state index in [-0.39, 0.29) is 41.8 Å². The van der Waals surface area contributed by atoms with Crippen molar-refractivity contribution in [2.45, 2.75) is 76.0 Å². The second kappa shape index (κ2) is 12.0. The highest BCUT2D eigenvalue weighted by molar-refractivity contribution is 7.90. The van der Waals surface area contributed by atoms with Crippen molar-refractivity contribution in [3.63, 3.8) is 0 Å². The molecule has 2 fully saturated rings. The Kier molecular flexibility index (Phi) is 8.63. The molecule has 3 heterocycles. The molecule has 0 N–H and O–H groups in total. The fourth-order valence-electron chi connectivity index (χ4n) is 6.09. The number of sulfone groups is 1. The highest BCUT2D eigenvalue weighted by atomic mass is 32.2. The standard InChI is InChI=1S/C31H36F3N5O4S/c1-19-5-7-26(11-20(19)2)39-17-24(6-8-29(39)40)30(41)38-10-9-23(12-21(38)3)28-18-37(36-35-28)16-22-13-25(31(32,33)34)15-27(14-22)44(4,42)43/h5,7,11,13-15,18,21,23-24H,6,8-10,12,16-17H2,1-4H3. The number of carbonyl (C=O) groups is 2. The number of likely N-dealkylation sites (tertiary alicyclic amines) is 1. The summed E-state index contributed by atoms with van der Waals surface area (Å²) >= 11 is 0. The summed E-state index contributed by atoms with van der Waals surface area (Å²) in [6.07, 6.45) is -0.0564. The number of aromatic nitrogens is 3. The van der Waals surface area contributed by atoms with Crippen LogP contribution in [0.1, 0.15) is 66.5 Å². The van der Waals surface area contributed by atoms with E-state index in [0.29, 0.717) is 50.5 Å². The minimum Gasteiger partial charge on any atom is -0.340 e. The average molecular weight is 632 g/mol. The molecule has 0 saturated carbocycles. The zero-order chi connectivity index (χ0) is 32.0. The molecule has 13 heteroatoms. The van der Waals surface area contributed by atoms with E-state index in [1.807, 2.05) is 43.9 Å². The van der Waals surface area contributed by atoms with Crippen molar-refractivity contribution in [2.24, 2.45) is 5.92 Å². The van der Waals surface area contributed by atoms with E-state index in [4.69, 9.17) is 0 Å². The van der Waals surface area contributed by atoms with E-state index in [1.54, 1.807) is 11.1 Å². The first-order chi connectivity index (χ1) is 20.6. The van der Waals surface area contributed by atoms with Gasteiger partial charge in [-0.2, -0.15) is 13.2 Å². The van der Waals surface area contributed by atoms with Crippen LogP contribution in [0.2, 0.25) is 0 Å². The Morgan fingerprint density at radius 3 is 2.48 bits per heavy atom. The minimum absolute atomic E-state index is 0.00384. The molecule has 2 saturated heterocycles. The van der Waals surface area contributed by atoms with Gasteiger partial charge in [0.2, 0.25) is 11.8 Å². The smallest absolute Gasteiger partial charge is 0.340 e. The summed E-state index contributed by atoms with van der Waals surface area (Å²) < 4.78 is 65.7. The van der Waals surface area contributed by atoms with Gasteiger partial charge in [-0.1, -0.05) is 11.3 Å². The highest BCUT2D eigenvalue weighted by Crippen LogP contribution is 2.34. The van der Waals surface area contributed by atoms with Gasteiger partial charge in [-0.05, 0) is 87.1 Å². The van der Waals surface area contributed by atoms with E-state index >= 15 is 0 Å². The number of carbonyl (C=O) groups excluding carboxylic acids is 2. The predicted molar refractivity (Wildman–Crippen MR) is 158 cm³/mol. The van der Waals surface area contributed by atoms with Crippen LogP contribution in [-0.2, 0) is 32.1 Å². The third kappa shape index (κ3) is 6.82. The molecule has 2 aliphatic rings. The quantitative estimate of drug-likeness (QED) is 0.383. The molecule has 9 nitrogen and oxygen atoms in total. The monoisotopic (exact) mass is 631 g/mol. The van der Waals surface area contributed by atoms with Crippen LogP contribution >= 0.6 is 0 Å². The van der Waals surface area contributed by atoms with Gasteiger partial charge in [-0.15, -0.1) is 5.10 Å². The lowest BCUT2D eigenvalue weighted by Gasteiger charge is -2.41. The summed E-state index contributed by atoms with van der Waals surface area (Å²) in [7, 11) is -3.86. The van der Waals surface area contributed by atoms with E-state index in [1.165, 1.54) is 10.7 Å². The number of nitrogens with zero attached hydrogens (tertiary/aromatic N) is 5. The van der Waals surface area contributed by atoms with Crippen molar-refractivity contribution >= 4 is 27.3 Å². The Balaban J connectivity index is 1.24. The third-order valence-corrected chi connectivity index (χ3v) is 9.85. The molecule has 0 bridgehead atoms. The Morgan fingerprint density at radius 1 is 1.07 bits per heavy atom. The number of benzene rings is 2. The zero-order valence-electron chi connectivity index (χ0n) is 25.1. The Bertz CT molecular complexity index is 1690. The van der Waals surface area contributed by atoms with E-state index in [9.17, 15) is 31.2 Å². The molecular weight excluding hydrogens is 595 g/mol. The second-order valence-corrected chi connectivity index (χ2v) is 14.1. The van der Waals surface area contributed by atoms with Crippen molar-refractivity contribution in [3.8, 4) is 0 Å². The van der Waals surface area contributed by atoms with Crippen LogP contribution in [0, 0.1) is 19.8 Å². The van der Waals surface area contributed by atoms with Crippen molar-refractivity contribution in [3.05, 3.63) is 70.5 Å². The third-order valence-electron chi connectivity index (χ3n) is 8.76. The lowest BCUT2D eigenvalue weighted by molar-refractivity contribution is -0.140. The largest absolute Gasteiger partial charge is 0.416 e. The lowest BCUT2D eigenvalue weighted by Crippen LogP contribution is -2.51. The summed E-state index contributed by atoms with van der Waals surface area (Å²) in [6.45, 7) is 6.78. The molecule has 5 rings (SSSR count). The number of anilines is 1. The molecule has 2 aliphatic heterocycles.